The van der Waals surface area contributed by atoms with Crippen LogP contribution in [0.15, 0.2) is 66.7 Å². The van der Waals surface area contributed by atoms with Gasteiger partial charge in [-0.05, 0) is 42.8 Å². The summed E-state index contributed by atoms with van der Waals surface area (Å²) in [5.41, 5.74) is 5.99. The topological polar surface area (TPSA) is 44.1 Å². The van der Waals surface area contributed by atoms with Crippen molar-refractivity contribution in [1.29, 1.82) is 5.26 Å². The first kappa shape index (κ1) is 21.7. The molecule has 0 saturated carbocycles. The number of piperidine rings is 1. The zero-order valence-corrected chi connectivity index (χ0v) is 19.7. The number of benzene rings is 3. The highest BCUT2D eigenvalue weighted by molar-refractivity contribution is 6.34. The summed E-state index contributed by atoms with van der Waals surface area (Å²) in [5, 5.41) is 9.59. The van der Waals surface area contributed by atoms with E-state index in [2.05, 4.69) is 50.4 Å². The van der Waals surface area contributed by atoms with Gasteiger partial charge in [-0.1, -0.05) is 53.6 Å². The van der Waals surface area contributed by atoms with Gasteiger partial charge in [0.25, 0.3) is 5.91 Å². The van der Waals surface area contributed by atoms with Crippen LogP contribution in [0.2, 0.25) is 5.02 Å². The molecule has 5 heteroatoms. The van der Waals surface area contributed by atoms with Crippen molar-refractivity contribution in [2.45, 2.75) is 31.8 Å². The molecule has 1 amide bonds. The molecule has 0 aliphatic carbocycles. The smallest absolute Gasteiger partial charge is 0.260 e. The number of fused-ring (bicyclic) bond motifs is 3. The first-order valence-electron chi connectivity index (χ1n) is 11.4. The van der Waals surface area contributed by atoms with Gasteiger partial charge >= 0.3 is 0 Å². The Hall–Kier alpha value is -3.13. The minimum atomic E-state index is -0.0126. The van der Waals surface area contributed by atoms with Crippen LogP contribution in [0.4, 0.5) is 5.69 Å². The van der Waals surface area contributed by atoms with E-state index in [9.17, 15) is 4.79 Å². The molecule has 0 unspecified atom stereocenters. The molecule has 0 aromatic heterocycles. The molecule has 2 heterocycles. The third-order valence-electron chi connectivity index (χ3n) is 7.21. The van der Waals surface area contributed by atoms with E-state index in [1.165, 1.54) is 16.7 Å². The summed E-state index contributed by atoms with van der Waals surface area (Å²) in [7, 11) is 2.31. The number of hydrogen-bond acceptors (Lipinski definition) is 2. The summed E-state index contributed by atoms with van der Waals surface area (Å²) in [5.74, 6) is 0.268. The third kappa shape index (κ3) is 3.93. The van der Waals surface area contributed by atoms with Crippen molar-refractivity contribution in [1.82, 2.24) is 0 Å². The lowest BCUT2D eigenvalue weighted by molar-refractivity contribution is -0.928. The molecule has 0 bridgehead atoms. The fraction of sp³-hybridized carbons (Fsp3) is 0.286. The number of likely N-dealkylation sites (tertiary alicyclic amines) is 1. The lowest BCUT2D eigenvalue weighted by atomic mass is 9.87. The lowest BCUT2D eigenvalue weighted by Crippen LogP contribution is -2.56. The number of halogens is 1. The van der Waals surface area contributed by atoms with Crippen molar-refractivity contribution < 1.29 is 9.28 Å². The minimum absolute atomic E-state index is 0.0126. The summed E-state index contributed by atoms with van der Waals surface area (Å²) >= 11 is 6.41. The normalized spacial score (nSPS) is 23.5. The maximum absolute atomic E-state index is 13.7. The molecule has 2 aliphatic rings. The van der Waals surface area contributed by atoms with Crippen LogP contribution in [-0.2, 0) is 6.54 Å². The summed E-state index contributed by atoms with van der Waals surface area (Å²) < 4.78 is 0.911. The molecule has 33 heavy (non-hydrogen) atoms. The minimum Gasteiger partial charge on any atom is -0.322 e. The summed E-state index contributed by atoms with van der Waals surface area (Å²) in [6.45, 7) is 4.98. The van der Waals surface area contributed by atoms with Crippen LogP contribution >= 0.6 is 11.6 Å². The van der Waals surface area contributed by atoms with Crippen LogP contribution in [0.5, 0.6) is 0 Å². The predicted octanol–water partition coefficient (Wildman–Crippen LogP) is 5.68. The zero-order chi connectivity index (χ0) is 23.2. The van der Waals surface area contributed by atoms with Crippen LogP contribution < -0.4 is 4.90 Å². The van der Waals surface area contributed by atoms with E-state index >= 15 is 0 Å². The van der Waals surface area contributed by atoms with E-state index in [1.807, 2.05) is 35.2 Å². The Balaban J connectivity index is 1.47. The second-order valence-electron chi connectivity index (χ2n) is 9.67. The van der Waals surface area contributed by atoms with Crippen LogP contribution in [0.3, 0.4) is 0 Å². The number of rotatable bonds is 3. The summed E-state index contributed by atoms with van der Waals surface area (Å²) in [6, 6.07) is 24.0. The summed E-state index contributed by atoms with van der Waals surface area (Å²) in [4.78, 5) is 15.7. The maximum Gasteiger partial charge on any atom is 0.260 e. The van der Waals surface area contributed by atoms with Gasteiger partial charge in [-0.25, -0.2) is 0 Å². The number of carbonyl (C=O) groups excluding carboxylic acids is 1. The molecule has 3 aromatic rings. The zero-order valence-electron chi connectivity index (χ0n) is 19.0. The quantitative estimate of drug-likeness (QED) is 0.475. The molecule has 1 fully saturated rings. The van der Waals surface area contributed by atoms with Gasteiger partial charge in [0.15, 0.2) is 0 Å². The second-order valence-corrected chi connectivity index (χ2v) is 10.1. The molecule has 3 atom stereocenters. The average molecular weight is 457 g/mol. The van der Waals surface area contributed by atoms with Crippen molar-refractivity contribution in [2.75, 3.05) is 25.0 Å². The van der Waals surface area contributed by atoms with Crippen LogP contribution in [0.1, 0.15) is 45.0 Å². The fourth-order valence-electron chi connectivity index (χ4n) is 5.61. The van der Waals surface area contributed by atoms with Gasteiger partial charge in [0.05, 0.1) is 54.3 Å². The van der Waals surface area contributed by atoms with Gasteiger partial charge in [-0.15, -0.1) is 0 Å². The van der Waals surface area contributed by atoms with Crippen molar-refractivity contribution in [3.63, 3.8) is 0 Å². The Labute approximate surface area is 200 Å². The van der Waals surface area contributed by atoms with Gasteiger partial charge in [-0.2, -0.15) is 5.26 Å². The number of quaternary nitrogens is 1. The Morgan fingerprint density at radius 3 is 2.64 bits per heavy atom. The van der Waals surface area contributed by atoms with Gasteiger partial charge in [0, 0.05) is 17.7 Å². The van der Waals surface area contributed by atoms with Gasteiger partial charge in [-0.3, -0.25) is 4.79 Å². The number of amides is 1. The van der Waals surface area contributed by atoms with E-state index in [0.717, 1.165) is 36.2 Å². The number of likely N-dealkylation sites (N-methyl/N-ethyl adjacent to an activating group) is 1. The number of hydrogen-bond donors (Lipinski definition) is 0. The van der Waals surface area contributed by atoms with Crippen molar-refractivity contribution in [3.8, 4) is 6.07 Å². The highest BCUT2D eigenvalue weighted by atomic mass is 35.5. The van der Waals surface area contributed by atoms with E-state index in [1.54, 1.807) is 6.07 Å². The molecular weight excluding hydrogens is 430 g/mol. The van der Waals surface area contributed by atoms with Gasteiger partial charge in [0.2, 0.25) is 0 Å². The Kier molecular flexibility index (Phi) is 5.48. The van der Waals surface area contributed by atoms with Crippen LogP contribution in [0.25, 0.3) is 0 Å². The SMILES string of the molecule is Cc1ccc2c(c1)[C@@H]1C[N@+](C)(Cc3ccc(C#N)cc3)CC[C@H]1N2C(=O)c1ccccc1Cl. The fourth-order valence-corrected chi connectivity index (χ4v) is 5.83. The van der Waals surface area contributed by atoms with Crippen LogP contribution in [-0.4, -0.2) is 36.6 Å². The van der Waals surface area contributed by atoms with Gasteiger partial charge in [0.1, 0.15) is 6.54 Å². The first-order valence-corrected chi connectivity index (χ1v) is 11.8. The Bertz CT molecular complexity index is 1260. The molecule has 5 rings (SSSR count). The Morgan fingerprint density at radius 1 is 1.15 bits per heavy atom. The highest BCUT2D eigenvalue weighted by Gasteiger charge is 2.49. The van der Waals surface area contributed by atoms with E-state index in [0.29, 0.717) is 16.1 Å². The van der Waals surface area contributed by atoms with Crippen molar-refractivity contribution in [2.24, 2.45) is 0 Å². The number of aryl methyl sites for hydroxylation is 1. The predicted molar refractivity (Wildman–Crippen MR) is 131 cm³/mol. The number of carbonyl (C=O) groups is 1. The second kappa shape index (κ2) is 8.33. The number of anilines is 1. The molecule has 2 aliphatic heterocycles. The molecule has 0 N–H and O–H groups in total. The maximum atomic E-state index is 13.7. The van der Waals surface area contributed by atoms with Crippen LogP contribution in [0, 0.1) is 18.3 Å². The van der Waals surface area contributed by atoms with E-state index in [-0.39, 0.29) is 17.9 Å². The average Bonchev–Trinajstić information content (AvgIpc) is 3.11. The van der Waals surface area contributed by atoms with Gasteiger partial charge < -0.3 is 9.38 Å². The lowest BCUT2D eigenvalue weighted by Gasteiger charge is -2.44. The van der Waals surface area contributed by atoms with E-state index < -0.39 is 0 Å². The third-order valence-corrected chi connectivity index (χ3v) is 7.54. The molecule has 3 aromatic carbocycles. The molecule has 0 radical (unpaired) electrons. The molecule has 0 spiro atoms. The molecular formula is C28H27ClN3O+. The molecule has 166 valence electrons. The number of nitrogens with zero attached hydrogens (tertiary/aromatic N) is 3. The molecule has 4 nitrogen and oxygen atoms in total. The Morgan fingerprint density at radius 2 is 1.91 bits per heavy atom. The monoisotopic (exact) mass is 456 g/mol. The van der Waals surface area contributed by atoms with Crippen molar-refractivity contribution >= 4 is 23.2 Å². The summed E-state index contributed by atoms with van der Waals surface area (Å²) in [6.07, 6.45) is 0.932. The first-order chi connectivity index (χ1) is 15.9. The number of nitriles is 1. The standard InChI is InChI=1S/C28H27ClN3O/c1-19-7-12-26-23(15-19)24-18-32(2,17-21-10-8-20(16-30)9-11-21)14-13-27(24)31(26)28(33)22-5-3-4-6-25(22)29/h3-12,15,24,27H,13-14,17-18H2,1-2H3/q+1/t24-,27+,32-/m0/s1. The molecule has 1 saturated heterocycles. The van der Waals surface area contributed by atoms with E-state index in [4.69, 9.17) is 16.9 Å². The highest BCUT2D eigenvalue weighted by Crippen LogP contribution is 2.47. The van der Waals surface area contributed by atoms with Crippen molar-refractivity contribution in [3.05, 3.63) is 99.6 Å². The largest absolute Gasteiger partial charge is 0.322 e.